The molecule has 2 unspecified atom stereocenters. The monoisotopic (exact) mass is 669 g/mol. The molecule has 2 aliphatic rings. The van der Waals surface area contributed by atoms with Crippen LogP contribution in [0.4, 0.5) is 18.9 Å². The Kier molecular flexibility index (Phi) is 8.58. The molecule has 0 aliphatic carbocycles. The first-order valence-corrected chi connectivity index (χ1v) is 16.3. The van der Waals surface area contributed by atoms with Gasteiger partial charge in [0.2, 0.25) is 11.8 Å². The third kappa shape index (κ3) is 5.96. The Hall–Kier alpha value is -3.80. The van der Waals surface area contributed by atoms with Crippen LogP contribution in [0, 0.1) is 11.8 Å². The van der Waals surface area contributed by atoms with E-state index in [1.54, 1.807) is 35.9 Å². The number of aromatic nitrogens is 2. The highest BCUT2D eigenvalue weighted by Gasteiger charge is 2.50. The second-order valence-electron chi connectivity index (χ2n) is 10.1. The number of nitrogens with one attached hydrogen (secondary N) is 1. The summed E-state index contributed by atoms with van der Waals surface area (Å²) in [6.07, 6.45) is -3.25. The van der Waals surface area contributed by atoms with E-state index in [2.05, 4.69) is 14.9 Å². The molecule has 234 valence electrons. The summed E-state index contributed by atoms with van der Waals surface area (Å²) in [5.41, 5.74) is 2.15. The van der Waals surface area contributed by atoms with Crippen LogP contribution in [0.25, 0.3) is 21.6 Å². The number of benzene rings is 1. The van der Waals surface area contributed by atoms with Gasteiger partial charge in [0.15, 0.2) is 0 Å². The van der Waals surface area contributed by atoms with Crippen molar-refractivity contribution in [2.24, 2.45) is 11.8 Å². The number of likely N-dealkylation sites (tertiary alicyclic amines) is 2. The van der Waals surface area contributed by atoms with Crippen LogP contribution in [0.2, 0.25) is 0 Å². The number of alkyl halides is 3. The van der Waals surface area contributed by atoms with E-state index in [4.69, 9.17) is 9.90 Å². The minimum absolute atomic E-state index is 0.0846. The van der Waals surface area contributed by atoms with Gasteiger partial charge in [-0.2, -0.15) is 13.2 Å². The summed E-state index contributed by atoms with van der Waals surface area (Å²) in [7, 11) is -2.11. The Morgan fingerprint density at radius 1 is 1.16 bits per heavy atom. The Morgan fingerprint density at radius 3 is 2.39 bits per heavy atom. The number of sulfonamides is 1. The van der Waals surface area contributed by atoms with Gasteiger partial charge >= 0.3 is 12.1 Å². The van der Waals surface area contributed by atoms with Crippen molar-refractivity contribution in [1.82, 2.24) is 19.8 Å². The maximum absolute atomic E-state index is 13.3. The van der Waals surface area contributed by atoms with E-state index in [9.17, 15) is 31.2 Å². The predicted molar refractivity (Wildman–Crippen MR) is 158 cm³/mol. The summed E-state index contributed by atoms with van der Waals surface area (Å²) in [6, 6.07) is 11.0. The molecule has 2 N–H and O–H groups in total. The van der Waals surface area contributed by atoms with Crippen LogP contribution >= 0.6 is 22.7 Å². The molecule has 2 atom stereocenters. The molecule has 4 aromatic rings. The average Bonchev–Trinajstić information content (AvgIpc) is 3.79. The second-order valence-corrected chi connectivity index (χ2v) is 14.3. The number of hydrogen-bond donors (Lipinski definition) is 2. The molecule has 0 radical (unpaired) electrons. The minimum Gasteiger partial charge on any atom is -0.475 e. The van der Waals surface area contributed by atoms with Gasteiger partial charge in [-0.3, -0.25) is 23.7 Å². The van der Waals surface area contributed by atoms with Crippen molar-refractivity contribution in [3.63, 3.8) is 0 Å². The zero-order valence-electron chi connectivity index (χ0n) is 23.2. The number of carbonyl (C=O) groups is 3. The van der Waals surface area contributed by atoms with Gasteiger partial charge < -0.3 is 10.1 Å². The lowest BCUT2D eigenvalue weighted by atomic mass is 10.00. The van der Waals surface area contributed by atoms with Crippen molar-refractivity contribution in [2.45, 2.75) is 23.9 Å². The molecule has 0 bridgehead atoms. The summed E-state index contributed by atoms with van der Waals surface area (Å²) >= 11 is 2.75. The molecule has 11 nitrogen and oxygen atoms in total. The van der Waals surface area contributed by atoms with Crippen LogP contribution in [0.3, 0.4) is 0 Å². The zero-order chi connectivity index (χ0) is 32.0. The number of amides is 2. The highest BCUT2D eigenvalue weighted by molar-refractivity contribution is 7.94. The number of para-hydroxylation sites is 1. The number of aromatic amines is 1. The normalized spacial score (nSPS) is 18.9. The molecule has 1 aromatic carbocycles. The van der Waals surface area contributed by atoms with Crippen molar-refractivity contribution in [2.75, 3.05) is 31.0 Å². The van der Waals surface area contributed by atoms with Gasteiger partial charge in [0.05, 0.1) is 28.7 Å². The van der Waals surface area contributed by atoms with E-state index in [-0.39, 0.29) is 23.7 Å². The number of carboxylic acids is 1. The highest BCUT2D eigenvalue weighted by atomic mass is 32.2. The summed E-state index contributed by atoms with van der Waals surface area (Å²) in [5.74, 6) is -3.42. The quantitative estimate of drug-likeness (QED) is 0.278. The molecule has 2 aliphatic heterocycles. The number of thiophene rings is 1. The van der Waals surface area contributed by atoms with Crippen LogP contribution in [-0.4, -0.2) is 83.9 Å². The maximum Gasteiger partial charge on any atom is 0.490 e. The fourth-order valence-corrected chi connectivity index (χ4v) is 8.81. The first-order chi connectivity index (χ1) is 20.7. The number of anilines is 1. The summed E-state index contributed by atoms with van der Waals surface area (Å²) in [5, 5.41) is 10.6. The molecule has 17 heteroatoms. The van der Waals surface area contributed by atoms with Crippen molar-refractivity contribution in [3.8, 4) is 10.7 Å². The first-order valence-electron chi connectivity index (χ1n) is 13.2. The average molecular weight is 670 g/mol. The Morgan fingerprint density at radius 2 is 1.82 bits per heavy atom. The number of halogens is 3. The first kappa shape index (κ1) is 31.6. The number of nitrogens with zero attached hydrogens (tertiary/aromatic N) is 4. The third-order valence-electron chi connectivity index (χ3n) is 7.33. The number of H-pyrrole nitrogens is 1. The van der Waals surface area contributed by atoms with Gasteiger partial charge in [-0.25, -0.2) is 18.2 Å². The number of aliphatic carboxylic acids is 1. The van der Waals surface area contributed by atoms with Crippen LogP contribution in [0.5, 0.6) is 0 Å². The fourth-order valence-electron chi connectivity index (χ4n) is 5.30. The molecule has 44 heavy (non-hydrogen) atoms. The fraction of sp³-hybridized carbons (Fsp3) is 0.333. The molecule has 3 aromatic heterocycles. The van der Waals surface area contributed by atoms with E-state index >= 15 is 0 Å². The Bertz CT molecular complexity index is 1800. The lowest BCUT2D eigenvalue weighted by molar-refractivity contribution is -0.192. The lowest BCUT2D eigenvalue weighted by Crippen LogP contribution is -2.32. The summed E-state index contributed by atoms with van der Waals surface area (Å²) in [4.78, 5) is 46.0. The van der Waals surface area contributed by atoms with Gasteiger partial charge in [0.1, 0.15) is 9.22 Å². The van der Waals surface area contributed by atoms with Gasteiger partial charge in [-0.1, -0.05) is 18.2 Å². The van der Waals surface area contributed by atoms with E-state index in [0.29, 0.717) is 36.1 Å². The molecule has 6 rings (SSSR count). The topological polar surface area (TPSA) is 144 Å². The summed E-state index contributed by atoms with van der Waals surface area (Å²) in [6.45, 7) is 3.91. The van der Waals surface area contributed by atoms with Crippen LogP contribution in [0.1, 0.15) is 11.8 Å². The standard InChI is InChI=1S/C25H25N5O4S3.C2HF3O2/c1-3-30(37(33,34)21-8-5-9-35-21)20-7-4-6-15-10-19(27-22(15)20)23-26-11-16(36-23)12-29-13-17-18(14-29)25(32)28(2)24(17)31;3-2(4,5)1(6)7/h4-11,17-18,27H,3,12-14H2,1-2H3;(H,6,7). The lowest BCUT2D eigenvalue weighted by Gasteiger charge is -2.22. The SMILES string of the molecule is CCN(c1cccc2cc(-c3ncc(CN4CC5C(=O)N(C)C(=O)C5C4)s3)[nH]c12)S(=O)(=O)c1cccs1.O=C(O)C(F)(F)F. The number of carbonyl (C=O) groups excluding carboxylic acids is 2. The molecular weight excluding hydrogens is 644 g/mol. The number of hydrogen-bond acceptors (Lipinski definition) is 9. The van der Waals surface area contributed by atoms with Gasteiger partial charge in [-0.15, -0.1) is 22.7 Å². The van der Waals surface area contributed by atoms with Gasteiger partial charge in [-0.05, 0) is 30.5 Å². The predicted octanol–water partition coefficient (Wildman–Crippen LogP) is 4.25. The van der Waals surface area contributed by atoms with Gasteiger partial charge in [0.25, 0.3) is 10.0 Å². The van der Waals surface area contributed by atoms with Crippen LogP contribution in [-0.2, 0) is 31.0 Å². The van der Waals surface area contributed by atoms with E-state index in [1.165, 1.54) is 20.5 Å². The maximum atomic E-state index is 13.3. The molecular formula is C27H26F3N5O6S3. The summed E-state index contributed by atoms with van der Waals surface area (Å²) < 4.78 is 60.1. The molecule has 5 heterocycles. The number of thiazole rings is 1. The van der Waals surface area contributed by atoms with Crippen molar-refractivity contribution in [3.05, 3.63) is 52.9 Å². The third-order valence-corrected chi connectivity index (χ3v) is 11.6. The van der Waals surface area contributed by atoms with Crippen molar-refractivity contribution in [1.29, 1.82) is 0 Å². The number of fused-ring (bicyclic) bond motifs is 2. The zero-order valence-corrected chi connectivity index (χ0v) is 25.7. The number of imide groups is 1. The van der Waals surface area contributed by atoms with Crippen LogP contribution in [0.15, 0.2) is 52.2 Å². The number of rotatable bonds is 7. The molecule has 2 amide bonds. The highest BCUT2D eigenvalue weighted by Crippen LogP contribution is 2.37. The van der Waals surface area contributed by atoms with E-state index in [1.807, 2.05) is 37.4 Å². The Balaban J connectivity index is 0.000000493. The number of carboxylic acid groups (broad SMARTS) is 1. The molecule has 0 saturated carbocycles. The van der Waals surface area contributed by atoms with E-state index in [0.717, 1.165) is 26.5 Å². The molecule has 2 fully saturated rings. The largest absolute Gasteiger partial charge is 0.490 e. The smallest absolute Gasteiger partial charge is 0.475 e. The van der Waals surface area contributed by atoms with Gasteiger partial charge in [0, 0.05) is 49.7 Å². The van der Waals surface area contributed by atoms with Crippen LogP contribution < -0.4 is 4.31 Å². The molecule has 0 spiro atoms. The Labute approximate surface area is 257 Å². The minimum atomic E-state index is -5.08. The van der Waals surface area contributed by atoms with Crippen molar-refractivity contribution >= 4 is 67.1 Å². The van der Waals surface area contributed by atoms with Crippen molar-refractivity contribution < 1.29 is 41.1 Å². The molecule has 2 saturated heterocycles. The second kappa shape index (κ2) is 11.9. The van der Waals surface area contributed by atoms with E-state index < -0.39 is 22.2 Å².